The van der Waals surface area contributed by atoms with Crippen LogP contribution in [-0.4, -0.2) is 25.9 Å². The van der Waals surface area contributed by atoms with Crippen molar-refractivity contribution in [2.75, 3.05) is 20.3 Å². The molecule has 1 aliphatic rings. The first-order chi connectivity index (χ1) is 11.4. The second kappa shape index (κ2) is 8.35. The molecule has 1 aliphatic heterocycles. The number of methoxy groups -OCH3 is 1. The number of ether oxygens (including phenoxy) is 2. The molecule has 2 rings (SSSR count). The zero-order valence-corrected chi connectivity index (χ0v) is 16.2. The second-order valence-corrected chi connectivity index (χ2v) is 7.98. The standard InChI is InChI=1S/C21H35NO2/c1-6-20(4)16-21(17(2)3,12-14-24-20)11-13-22-15-18-7-9-19(23-5)10-8-18/h7-10,17,22H,6,11-16H2,1-5H3/p+1/t20-,21+/m0/s1. The monoisotopic (exact) mass is 334 g/mol. The van der Waals surface area contributed by atoms with Crippen LogP contribution >= 0.6 is 0 Å². The molecule has 136 valence electrons. The van der Waals surface area contributed by atoms with Crippen molar-refractivity contribution in [2.45, 2.75) is 65.5 Å². The first-order valence-electron chi connectivity index (χ1n) is 9.51. The summed E-state index contributed by atoms with van der Waals surface area (Å²) in [5.41, 5.74) is 1.86. The van der Waals surface area contributed by atoms with Gasteiger partial charge in [-0.25, -0.2) is 0 Å². The van der Waals surface area contributed by atoms with Crippen molar-refractivity contribution in [3.8, 4) is 5.75 Å². The van der Waals surface area contributed by atoms with E-state index in [1.165, 1.54) is 31.4 Å². The Hall–Kier alpha value is -1.06. The highest BCUT2D eigenvalue weighted by Gasteiger charge is 2.44. The van der Waals surface area contributed by atoms with Gasteiger partial charge in [0.25, 0.3) is 0 Å². The molecule has 1 aromatic carbocycles. The number of hydrogen-bond acceptors (Lipinski definition) is 2. The third-order valence-corrected chi connectivity index (χ3v) is 6.13. The summed E-state index contributed by atoms with van der Waals surface area (Å²) in [5, 5.41) is 2.45. The van der Waals surface area contributed by atoms with E-state index >= 15 is 0 Å². The maximum Gasteiger partial charge on any atom is 0.118 e. The van der Waals surface area contributed by atoms with E-state index in [9.17, 15) is 0 Å². The van der Waals surface area contributed by atoms with E-state index in [4.69, 9.17) is 9.47 Å². The van der Waals surface area contributed by atoms with E-state index in [1.54, 1.807) is 7.11 Å². The highest BCUT2D eigenvalue weighted by atomic mass is 16.5. The molecule has 0 aliphatic carbocycles. The van der Waals surface area contributed by atoms with Gasteiger partial charge in [0.1, 0.15) is 12.3 Å². The topological polar surface area (TPSA) is 35.1 Å². The molecule has 1 fully saturated rings. The molecule has 1 heterocycles. The number of rotatable bonds is 8. The predicted molar refractivity (Wildman–Crippen MR) is 99.3 cm³/mol. The lowest BCUT2D eigenvalue weighted by molar-refractivity contribution is -0.672. The van der Waals surface area contributed by atoms with Crippen molar-refractivity contribution in [1.82, 2.24) is 0 Å². The summed E-state index contributed by atoms with van der Waals surface area (Å²) < 4.78 is 11.3. The molecule has 0 bridgehead atoms. The van der Waals surface area contributed by atoms with Gasteiger partial charge in [0.15, 0.2) is 0 Å². The number of nitrogens with two attached hydrogens (primary N) is 1. The van der Waals surface area contributed by atoms with Gasteiger partial charge in [-0.1, -0.05) is 20.8 Å². The molecule has 24 heavy (non-hydrogen) atoms. The van der Waals surface area contributed by atoms with Crippen molar-refractivity contribution < 1.29 is 14.8 Å². The fraction of sp³-hybridized carbons (Fsp3) is 0.714. The van der Waals surface area contributed by atoms with E-state index in [0.29, 0.717) is 11.3 Å². The summed E-state index contributed by atoms with van der Waals surface area (Å²) in [6.07, 6.45) is 4.79. The van der Waals surface area contributed by atoms with Gasteiger partial charge in [0, 0.05) is 18.6 Å². The van der Waals surface area contributed by atoms with Gasteiger partial charge in [-0.3, -0.25) is 0 Å². The summed E-state index contributed by atoms with van der Waals surface area (Å²) in [5.74, 6) is 1.64. The van der Waals surface area contributed by atoms with Crippen LogP contribution in [-0.2, 0) is 11.3 Å². The summed E-state index contributed by atoms with van der Waals surface area (Å²) in [7, 11) is 1.71. The Morgan fingerprint density at radius 3 is 2.54 bits per heavy atom. The van der Waals surface area contributed by atoms with Crippen LogP contribution in [0.1, 0.15) is 58.9 Å². The predicted octanol–water partition coefficient (Wildman–Crippen LogP) is 3.77. The smallest absolute Gasteiger partial charge is 0.118 e. The Labute approximate surface area is 148 Å². The minimum absolute atomic E-state index is 0.0680. The Morgan fingerprint density at radius 1 is 1.25 bits per heavy atom. The number of quaternary nitrogens is 1. The van der Waals surface area contributed by atoms with Crippen LogP contribution in [0.25, 0.3) is 0 Å². The maximum absolute atomic E-state index is 6.10. The third kappa shape index (κ3) is 4.73. The maximum atomic E-state index is 6.10. The lowest BCUT2D eigenvalue weighted by Gasteiger charge is -2.48. The van der Waals surface area contributed by atoms with Crippen molar-refractivity contribution in [1.29, 1.82) is 0 Å². The van der Waals surface area contributed by atoms with Crippen molar-refractivity contribution in [3.05, 3.63) is 29.8 Å². The van der Waals surface area contributed by atoms with Crippen LogP contribution in [0.4, 0.5) is 0 Å². The zero-order chi connectivity index (χ0) is 17.6. The summed E-state index contributed by atoms with van der Waals surface area (Å²) >= 11 is 0. The fourth-order valence-electron chi connectivity index (χ4n) is 4.03. The van der Waals surface area contributed by atoms with Gasteiger partial charge < -0.3 is 14.8 Å². The fourth-order valence-corrected chi connectivity index (χ4v) is 4.03. The molecule has 1 aromatic rings. The molecule has 2 N–H and O–H groups in total. The SMILES string of the molecule is CC[C@@]1(C)C[C@](CC[NH2+]Cc2ccc(OC)cc2)(C(C)C)CCO1. The Bertz CT molecular complexity index is 499. The Balaban J connectivity index is 1.87. The summed E-state index contributed by atoms with van der Waals surface area (Å²) in [6, 6.07) is 8.42. The normalized spacial score (nSPS) is 27.4. The molecule has 0 unspecified atom stereocenters. The molecule has 0 aromatic heterocycles. The molecular formula is C21H36NO2+. The molecule has 0 radical (unpaired) electrons. The summed E-state index contributed by atoms with van der Waals surface area (Å²) in [4.78, 5) is 0. The van der Waals surface area contributed by atoms with Gasteiger partial charge in [0.2, 0.25) is 0 Å². The van der Waals surface area contributed by atoms with Gasteiger partial charge in [0.05, 0.1) is 19.3 Å². The van der Waals surface area contributed by atoms with Gasteiger partial charge >= 0.3 is 0 Å². The van der Waals surface area contributed by atoms with E-state index in [2.05, 4.69) is 45.1 Å². The van der Waals surface area contributed by atoms with Crippen molar-refractivity contribution >= 4 is 0 Å². The molecular weight excluding hydrogens is 298 g/mol. The van der Waals surface area contributed by atoms with Crippen LogP contribution in [0.15, 0.2) is 24.3 Å². The highest BCUT2D eigenvalue weighted by Crippen LogP contribution is 2.47. The van der Waals surface area contributed by atoms with Gasteiger partial charge in [-0.15, -0.1) is 0 Å². The van der Waals surface area contributed by atoms with Crippen molar-refractivity contribution in [2.24, 2.45) is 11.3 Å². The quantitative estimate of drug-likeness (QED) is 0.735. The van der Waals surface area contributed by atoms with Gasteiger partial charge in [-0.05, 0) is 61.8 Å². The largest absolute Gasteiger partial charge is 0.497 e. The summed E-state index contributed by atoms with van der Waals surface area (Å²) in [6.45, 7) is 12.5. The third-order valence-electron chi connectivity index (χ3n) is 6.13. The zero-order valence-electron chi connectivity index (χ0n) is 16.2. The molecule has 3 nitrogen and oxygen atoms in total. The van der Waals surface area contributed by atoms with Gasteiger partial charge in [-0.2, -0.15) is 0 Å². The second-order valence-electron chi connectivity index (χ2n) is 7.98. The lowest BCUT2D eigenvalue weighted by Crippen LogP contribution is -2.83. The molecule has 0 amide bonds. The molecule has 2 atom stereocenters. The first-order valence-corrected chi connectivity index (χ1v) is 9.51. The average molecular weight is 335 g/mol. The van der Waals surface area contributed by atoms with Crippen LogP contribution in [0, 0.1) is 11.3 Å². The van der Waals surface area contributed by atoms with Crippen LogP contribution < -0.4 is 10.1 Å². The lowest BCUT2D eigenvalue weighted by atomic mass is 9.64. The van der Waals surface area contributed by atoms with E-state index in [-0.39, 0.29) is 5.60 Å². The Kier molecular flexibility index (Phi) is 6.70. The van der Waals surface area contributed by atoms with E-state index in [0.717, 1.165) is 25.3 Å². The molecule has 1 saturated heterocycles. The van der Waals surface area contributed by atoms with Crippen LogP contribution in [0.3, 0.4) is 0 Å². The van der Waals surface area contributed by atoms with Crippen LogP contribution in [0.5, 0.6) is 5.75 Å². The Morgan fingerprint density at radius 2 is 1.96 bits per heavy atom. The van der Waals surface area contributed by atoms with E-state index < -0.39 is 0 Å². The molecule has 0 saturated carbocycles. The molecule has 3 heteroatoms. The minimum atomic E-state index is 0.0680. The number of hydrogen-bond donors (Lipinski definition) is 1. The minimum Gasteiger partial charge on any atom is -0.497 e. The van der Waals surface area contributed by atoms with Crippen molar-refractivity contribution in [3.63, 3.8) is 0 Å². The first kappa shape index (κ1) is 19.3. The van der Waals surface area contributed by atoms with Crippen LogP contribution in [0.2, 0.25) is 0 Å². The number of benzene rings is 1. The van der Waals surface area contributed by atoms with E-state index in [1.807, 2.05) is 12.1 Å². The highest BCUT2D eigenvalue weighted by molar-refractivity contribution is 5.26. The molecule has 0 spiro atoms. The average Bonchev–Trinajstić information content (AvgIpc) is 2.59.